The molecule has 1 saturated carbocycles. The molecule has 35 heavy (non-hydrogen) atoms. The molecule has 1 saturated heterocycles. The third kappa shape index (κ3) is 5.31. The first-order chi connectivity index (χ1) is 17.1. The standard InChI is InChI=1S/C28H35N5O2/c1-3-21-4-9-25(10-5-21)33-20(2)26(19-30-33)28(34)31-23-8-13-27(29-18-23)22-6-11-24(12-7-22)32-14-16-35-17-15-32/h4-5,8-10,13,18-19,22,24H,3,6-7,11-12,14-17H2,1-2H3,(H,31,34)/t22-,24-. The van der Waals surface area contributed by atoms with Crippen molar-refractivity contribution in [2.45, 2.75) is 57.9 Å². The van der Waals surface area contributed by atoms with Crippen molar-refractivity contribution in [3.05, 3.63) is 71.3 Å². The second-order valence-electron chi connectivity index (χ2n) is 9.66. The highest BCUT2D eigenvalue weighted by Crippen LogP contribution is 2.34. The van der Waals surface area contributed by atoms with Crippen LogP contribution in [0, 0.1) is 6.92 Å². The molecule has 1 aliphatic heterocycles. The molecule has 2 fully saturated rings. The van der Waals surface area contributed by atoms with Gasteiger partial charge in [0.25, 0.3) is 5.91 Å². The van der Waals surface area contributed by atoms with E-state index < -0.39 is 0 Å². The first kappa shape index (κ1) is 23.7. The Hall–Kier alpha value is -3.03. The highest BCUT2D eigenvalue weighted by molar-refractivity contribution is 6.04. The Morgan fingerprint density at radius 1 is 1.03 bits per heavy atom. The summed E-state index contributed by atoms with van der Waals surface area (Å²) in [4.78, 5) is 20.2. The van der Waals surface area contributed by atoms with Gasteiger partial charge in [-0.15, -0.1) is 0 Å². The quantitative estimate of drug-likeness (QED) is 0.559. The van der Waals surface area contributed by atoms with Crippen LogP contribution in [0.5, 0.6) is 0 Å². The zero-order valence-corrected chi connectivity index (χ0v) is 20.7. The van der Waals surface area contributed by atoms with Crippen molar-refractivity contribution in [2.75, 3.05) is 31.6 Å². The number of carbonyl (C=O) groups is 1. The summed E-state index contributed by atoms with van der Waals surface area (Å²) in [6.45, 7) is 7.90. The molecule has 0 bridgehead atoms. The lowest BCUT2D eigenvalue weighted by Gasteiger charge is -2.38. The van der Waals surface area contributed by atoms with E-state index in [4.69, 9.17) is 9.72 Å². The molecule has 184 valence electrons. The van der Waals surface area contributed by atoms with Gasteiger partial charge in [-0.25, -0.2) is 4.68 Å². The predicted molar refractivity (Wildman–Crippen MR) is 137 cm³/mol. The van der Waals surface area contributed by atoms with Gasteiger partial charge in [-0.2, -0.15) is 5.10 Å². The number of pyridine rings is 1. The lowest BCUT2D eigenvalue weighted by Crippen LogP contribution is -2.44. The maximum atomic E-state index is 12.9. The van der Waals surface area contributed by atoms with Crippen molar-refractivity contribution in [2.24, 2.45) is 0 Å². The van der Waals surface area contributed by atoms with Crippen LogP contribution in [-0.2, 0) is 11.2 Å². The van der Waals surface area contributed by atoms with Crippen molar-refractivity contribution in [3.63, 3.8) is 0 Å². The number of ether oxygens (including phenoxy) is 1. The van der Waals surface area contributed by atoms with Gasteiger partial charge in [0.05, 0.1) is 48.2 Å². The number of hydrogen-bond acceptors (Lipinski definition) is 5. The molecule has 0 unspecified atom stereocenters. The van der Waals surface area contributed by atoms with E-state index in [1.807, 2.05) is 29.8 Å². The summed E-state index contributed by atoms with van der Waals surface area (Å²) >= 11 is 0. The molecule has 0 atom stereocenters. The van der Waals surface area contributed by atoms with Crippen LogP contribution >= 0.6 is 0 Å². The molecule has 1 N–H and O–H groups in total. The van der Waals surface area contributed by atoms with Crippen LogP contribution in [0.3, 0.4) is 0 Å². The molecule has 2 aromatic heterocycles. The zero-order valence-electron chi connectivity index (χ0n) is 20.7. The van der Waals surface area contributed by atoms with Crippen LogP contribution in [-0.4, -0.2) is 57.9 Å². The Balaban J connectivity index is 1.18. The number of morpholine rings is 1. The highest BCUT2D eigenvalue weighted by Gasteiger charge is 2.28. The van der Waals surface area contributed by atoms with Crippen LogP contribution in [0.2, 0.25) is 0 Å². The topological polar surface area (TPSA) is 72.3 Å². The lowest BCUT2D eigenvalue weighted by molar-refractivity contribution is 0.00721. The second-order valence-corrected chi connectivity index (χ2v) is 9.66. The Labute approximate surface area is 207 Å². The summed E-state index contributed by atoms with van der Waals surface area (Å²) in [6, 6.07) is 13.0. The summed E-state index contributed by atoms with van der Waals surface area (Å²) in [6.07, 6.45) is 9.17. The average molecular weight is 474 g/mol. The molecular formula is C28H35N5O2. The summed E-state index contributed by atoms with van der Waals surface area (Å²) in [5, 5.41) is 7.44. The Morgan fingerprint density at radius 3 is 2.43 bits per heavy atom. The monoisotopic (exact) mass is 473 g/mol. The van der Waals surface area contributed by atoms with Gasteiger partial charge in [0.1, 0.15) is 0 Å². The van der Waals surface area contributed by atoms with Gasteiger partial charge in [0, 0.05) is 30.7 Å². The molecule has 3 aromatic rings. The number of amides is 1. The molecule has 3 heterocycles. The third-order valence-corrected chi connectivity index (χ3v) is 7.56. The van der Waals surface area contributed by atoms with E-state index in [1.54, 1.807) is 12.4 Å². The number of carbonyl (C=O) groups excluding carboxylic acids is 1. The van der Waals surface area contributed by atoms with Crippen molar-refractivity contribution < 1.29 is 9.53 Å². The number of aryl methyl sites for hydroxylation is 1. The smallest absolute Gasteiger partial charge is 0.259 e. The largest absolute Gasteiger partial charge is 0.379 e. The van der Waals surface area contributed by atoms with E-state index in [1.165, 1.54) is 31.2 Å². The van der Waals surface area contributed by atoms with Gasteiger partial charge in [-0.3, -0.25) is 14.7 Å². The fraction of sp³-hybridized carbons (Fsp3) is 0.464. The van der Waals surface area contributed by atoms with Gasteiger partial charge >= 0.3 is 0 Å². The molecule has 7 heteroatoms. The maximum absolute atomic E-state index is 12.9. The fourth-order valence-electron chi connectivity index (χ4n) is 5.36. The van der Waals surface area contributed by atoms with Crippen molar-refractivity contribution in [1.29, 1.82) is 0 Å². The molecule has 7 nitrogen and oxygen atoms in total. The van der Waals surface area contributed by atoms with E-state index in [9.17, 15) is 4.79 Å². The van der Waals surface area contributed by atoms with Crippen LogP contribution in [0.1, 0.15) is 65.8 Å². The van der Waals surface area contributed by atoms with Gasteiger partial charge in [0.15, 0.2) is 0 Å². The number of nitrogens with one attached hydrogen (secondary N) is 1. The molecule has 0 spiro atoms. The maximum Gasteiger partial charge on any atom is 0.259 e. The molecule has 0 radical (unpaired) electrons. The van der Waals surface area contributed by atoms with Gasteiger partial charge < -0.3 is 10.1 Å². The second kappa shape index (κ2) is 10.7. The van der Waals surface area contributed by atoms with E-state index in [0.717, 1.165) is 49.8 Å². The summed E-state index contributed by atoms with van der Waals surface area (Å²) < 4.78 is 7.31. The number of benzene rings is 1. The number of rotatable bonds is 6. The SMILES string of the molecule is CCc1ccc(-n2ncc(C(=O)Nc3ccc([C@H]4CC[C@H](N5CCOCC5)CC4)nc3)c2C)cc1. The van der Waals surface area contributed by atoms with Crippen molar-refractivity contribution >= 4 is 11.6 Å². The number of nitrogens with zero attached hydrogens (tertiary/aromatic N) is 4. The lowest BCUT2D eigenvalue weighted by atomic mass is 9.83. The summed E-state index contributed by atoms with van der Waals surface area (Å²) in [5.74, 6) is 0.330. The van der Waals surface area contributed by atoms with Crippen LogP contribution < -0.4 is 5.32 Å². The Kier molecular flexibility index (Phi) is 7.25. The normalized spacial score (nSPS) is 21.1. The minimum atomic E-state index is -0.167. The van der Waals surface area contributed by atoms with Crippen LogP contribution in [0.15, 0.2) is 48.8 Å². The van der Waals surface area contributed by atoms with Crippen molar-refractivity contribution in [3.8, 4) is 5.69 Å². The molecule has 2 aliphatic rings. The molecule has 1 aromatic carbocycles. The van der Waals surface area contributed by atoms with Gasteiger partial charge in [0.2, 0.25) is 0 Å². The first-order valence-corrected chi connectivity index (χ1v) is 12.9. The van der Waals surface area contributed by atoms with Crippen LogP contribution in [0.25, 0.3) is 5.69 Å². The van der Waals surface area contributed by atoms with E-state index in [0.29, 0.717) is 23.2 Å². The summed E-state index contributed by atoms with van der Waals surface area (Å²) in [5.41, 5.74) is 5.44. The van der Waals surface area contributed by atoms with Gasteiger partial charge in [-0.05, 0) is 68.9 Å². The number of hydrogen-bond donors (Lipinski definition) is 1. The fourth-order valence-corrected chi connectivity index (χ4v) is 5.36. The van der Waals surface area contributed by atoms with Crippen molar-refractivity contribution in [1.82, 2.24) is 19.7 Å². The Morgan fingerprint density at radius 2 is 1.77 bits per heavy atom. The van der Waals surface area contributed by atoms with E-state index in [2.05, 4.69) is 40.4 Å². The highest BCUT2D eigenvalue weighted by atomic mass is 16.5. The summed E-state index contributed by atoms with van der Waals surface area (Å²) in [7, 11) is 0. The third-order valence-electron chi connectivity index (χ3n) is 7.56. The van der Waals surface area contributed by atoms with E-state index in [-0.39, 0.29) is 5.91 Å². The molecule has 5 rings (SSSR count). The first-order valence-electron chi connectivity index (χ1n) is 12.9. The number of anilines is 1. The minimum absolute atomic E-state index is 0.167. The van der Waals surface area contributed by atoms with Gasteiger partial charge in [-0.1, -0.05) is 19.1 Å². The molecule has 1 amide bonds. The minimum Gasteiger partial charge on any atom is -0.379 e. The molecule has 1 aliphatic carbocycles. The Bertz CT molecular complexity index is 1130. The zero-order chi connectivity index (χ0) is 24.2. The predicted octanol–water partition coefficient (Wildman–Crippen LogP) is 4.75. The molecular weight excluding hydrogens is 438 g/mol. The average Bonchev–Trinajstić information content (AvgIpc) is 3.31. The van der Waals surface area contributed by atoms with E-state index >= 15 is 0 Å². The number of aromatic nitrogens is 3. The van der Waals surface area contributed by atoms with Crippen LogP contribution in [0.4, 0.5) is 5.69 Å².